The number of aromatic nitrogens is 1. The fourth-order valence-corrected chi connectivity index (χ4v) is 1.93. The van der Waals surface area contributed by atoms with Crippen LogP contribution in [0.1, 0.15) is 19.5 Å². The Morgan fingerprint density at radius 1 is 1.18 bits per heavy atom. The lowest BCUT2D eigenvalue weighted by Crippen LogP contribution is -2.28. The van der Waals surface area contributed by atoms with Crippen molar-refractivity contribution in [1.29, 1.82) is 0 Å². The van der Waals surface area contributed by atoms with Gasteiger partial charge in [-0.15, -0.1) is 0 Å². The molecule has 0 bridgehead atoms. The van der Waals surface area contributed by atoms with Crippen molar-refractivity contribution in [3.8, 4) is 5.75 Å². The third-order valence-corrected chi connectivity index (χ3v) is 2.84. The van der Waals surface area contributed by atoms with Gasteiger partial charge in [0.15, 0.2) is 0 Å². The minimum Gasteiger partial charge on any atom is -0.489 e. The van der Waals surface area contributed by atoms with E-state index in [-0.39, 0.29) is 18.6 Å². The molecule has 1 aromatic carbocycles. The van der Waals surface area contributed by atoms with Crippen LogP contribution in [0.2, 0.25) is 0 Å². The summed E-state index contributed by atoms with van der Waals surface area (Å²) in [7, 11) is 0. The van der Waals surface area contributed by atoms with Gasteiger partial charge in [0.2, 0.25) is 5.91 Å². The number of amides is 1. The molecule has 1 heterocycles. The molecular formula is C17H21N3O2. The average Bonchev–Trinajstić information content (AvgIpc) is 2.50. The van der Waals surface area contributed by atoms with Crippen LogP contribution in [0.3, 0.4) is 0 Å². The van der Waals surface area contributed by atoms with Crippen molar-refractivity contribution >= 4 is 11.6 Å². The predicted molar refractivity (Wildman–Crippen MR) is 86.8 cm³/mol. The molecule has 0 unspecified atom stereocenters. The van der Waals surface area contributed by atoms with Crippen LogP contribution in [0.25, 0.3) is 0 Å². The van der Waals surface area contributed by atoms with Gasteiger partial charge in [0, 0.05) is 12.7 Å². The Morgan fingerprint density at radius 2 is 1.95 bits per heavy atom. The van der Waals surface area contributed by atoms with Crippen LogP contribution in [-0.4, -0.2) is 23.5 Å². The molecule has 0 saturated heterocycles. The first-order valence-electron chi connectivity index (χ1n) is 7.31. The minimum atomic E-state index is -0.115. The fraction of sp³-hybridized carbons (Fsp3) is 0.294. The highest BCUT2D eigenvalue weighted by Gasteiger charge is 2.08. The molecule has 0 saturated carbocycles. The van der Waals surface area contributed by atoms with Crippen LogP contribution in [0.4, 0.5) is 5.69 Å². The maximum atomic E-state index is 12.0. The van der Waals surface area contributed by atoms with E-state index < -0.39 is 0 Å². The summed E-state index contributed by atoms with van der Waals surface area (Å²) in [4.78, 5) is 16.2. The molecule has 116 valence electrons. The molecular weight excluding hydrogens is 278 g/mol. The number of carbonyl (C=O) groups is 1. The summed E-state index contributed by atoms with van der Waals surface area (Å²) >= 11 is 0. The topological polar surface area (TPSA) is 63.2 Å². The molecule has 0 fully saturated rings. The first kappa shape index (κ1) is 16.0. The number of carbonyl (C=O) groups excluding carboxylic acids is 1. The molecule has 0 spiro atoms. The zero-order chi connectivity index (χ0) is 15.8. The third kappa shape index (κ3) is 5.18. The number of para-hydroxylation sites is 2. The highest BCUT2D eigenvalue weighted by Crippen LogP contribution is 2.24. The molecule has 1 aromatic heterocycles. The Morgan fingerprint density at radius 3 is 2.68 bits per heavy atom. The van der Waals surface area contributed by atoms with Crippen LogP contribution < -0.4 is 15.4 Å². The lowest BCUT2D eigenvalue weighted by atomic mass is 10.3. The highest BCUT2D eigenvalue weighted by molar-refractivity contribution is 5.93. The molecule has 2 N–H and O–H groups in total. The van der Waals surface area contributed by atoms with Crippen molar-refractivity contribution in [2.24, 2.45) is 0 Å². The van der Waals surface area contributed by atoms with E-state index in [1.807, 2.05) is 56.3 Å². The average molecular weight is 299 g/mol. The van der Waals surface area contributed by atoms with E-state index in [0.29, 0.717) is 18.0 Å². The first-order valence-corrected chi connectivity index (χ1v) is 7.31. The van der Waals surface area contributed by atoms with E-state index in [9.17, 15) is 4.79 Å². The standard InChI is InChI=1S/C17H21N3O2/c1-13(2)22-16-9-4-3-8-15(16)20-17(21)12-18-11-14-7-5-6-10-19-14/h3-10,13,18H,11-12H2,1-2H3,(H,20,21). The van der Waals surface area contributed by atoms with Gasteiger partial charge in [-0.1, -0.05) is 18.2 Å². The van der Waals surface area contributed by atoms with Gasteiger partial charge in [0.25, 0.3) is 0 Å². The SMILES string of the molecule is CC(C)Oc1ccccc1NC(=O)CNCc1ccccn1. The number of nitrogens with one attached hydrogen (secondary N) is 2. The molecule has 1 amide bonds. The van der Waals surface area contributed by atoms with Crippen molar-refractivity contribution in [2.45, 2.75) is 26.5 Å². The Balaban J connectivity index is 1.84. The fourth-order valence-electron chi connectivity index (χ4n) is 1.93. The highest BCUT2D eigenvalue weighted by atomic mass is 16.5. The third-order valence-electron chi connectivity index (χ3n) is 2.84. The number of rotatable bonds is 7. The zero-order valence-electron chi connectivity index (χ0n) is 12.9. The van der Waals surface area contributed by atoms with Gasteiger partial charge in [0.1, 0.15) is 5.75 Å². The summed E-state index contributed by atoms with van der Waals surface area (Å²) in [5.41, 5.74) is 1.58. The van der Waals surface area contributed by atoms with Gasteiger partial charge < -0.3 is 15.4 Å². The van der Waals surface area contributed by atoms with Crippen LogP contribution in [0.5, 0.6) is 5.75 Å². The second-order valence-electron chi connectivity index (χ2n) is 5.14. The van der Waals surface area contributed by atoms with E-state index in [1.54, 1.807) is 6.20 Å². The molecule has 0 radical (unpaired) electrons. The van der Waals surface area contributed by atoms with E-state index in [1.165, 1.54) is 0 Å². The lowest BCUT2D eigenvalue weighted by molar-refractivity contribution is -0.115. The summed E-state index contributed by atoms with van der Waals surface area (Å²) in [6, 6.07) is 13.1. The lowest BCUT2D eigenvalue weighted by Gasteiger charge is -2.14. The smallest absolute Gasteiger partial charge is 0.238 e. The van der Waals surface area contributed by atoms with Crippen LogP contribution in [-0.2, 0) is 11.3 Å². The Kier molecular flexibility index (Phi) is 5.91. The Bertz CT molecular complexity index is 600. The molecule has 5 nitrogen and oxygen atoms in total. The van der Waals surface area contributed by atoms with Gasteiger partial charge in [-0.2, -0.15) is 0 Å². The summed E-state index contributed by atoms with van der Waals surface area (Å²) in [6.45, 7) is 4.67. The molecule has 5 heteroatoms. The van der Waals surface area contributed by atoms with Crippen LogP contribution >= 0.6 is 0 Å². The number of anilines is 1. The number of hydrogen-bond acceptors (Lipinski definition) is 4. The van der Waals surface area contributed by atoms with Crippen LogP contribution in [0.15, 0.2) is 48.7 Å². The van der Waals surface area contributed by atoms with Crippen molar-refractivity contribution < 1.29 is 9.53 Å². The largest absolute Gasteiger partial charge is 0.489 e. The van der Waals surface area contributed by atoms with Gasteiger partial charge in [-0.25, -0.2) is 0 Å². The summed E-state index contributed by atoms with van der Waals surface area (Å²) in [5, 5.41) is 5.92. The number of nitrogens with zero attached hydrogens (tertiary/aromatic N) is 1. The van der Waals surface area contributed by atoms with Crippen molar-refractivity contribution in [3.05, 3.63) is 54.4 Å². The van der Waals surface area contributed by atoms with E-state index >= 15 is 0 Å². The maximum absolute atomic E-state index is 12.0. The van der Waals surface area contributed by atoms with Crippen molar-refractivity contribution in [2.75, 3.05) is 11.9 Å². The first-order chi connectivity index (χ1) is 10.6. The van der Waals surface area contributed by atoms with Crippen molar-refractivity contribution in [1.82, 2.24) is 10.3 Å². The van der Waals surface area contributed by atoms with Gasteiger partial charge >= 0.3 is 0 Å². The zero-order valence-corrected chi connectivity index (χ0v) is 12.9. The van der Waals surface area contributed by atoms with E-state index in [4.69, 9.17) is 4.74 Å². The van der Waals surface area contributed by atoms with Gasteiger partial charge in [-0.3, -0.25) is 9.78 Å². The monoisotopic (exact) mass is 299 g/mol. The Hall–Kier alpha value is -2.40. The molecule has 0 aliphatic heterocycles. The summed E-state index contributed by atoms with van der Waals surface area (Å²) in [6.07, 6.45) is 1.79. The molecule has 2 aromatic rings. The Labute approximate surface area is 130 Å². The summed E-state index contributed by atoms with van der Waals surface area (Å²) in [5.74, 6) is 0.561. The van der Waals surface area contributed by atoms with Crippen molar-refractivity contribution in [3.63, 3.8) is 0 Å². The second kappa shape index (κ2) is 8.14. The number of ether oxygens (including phenoxy) is 1. The molecule has 22 heavy (non-hydrogen) atoms. The molecule has 0 atom stereocenters. The molecule has 0 aliphatic carbocycles. The molecule has 0 aliphatic rings. The maximum Gasteiger partial charge on any atom is 0.238 e. The normalized spacial score (nSPS) is 10.5. The van der Waals surface area contributed by atoms with E-state index in [0.717, 1.165) is 5.69 Å². The summed E-state index contributed by atoms with van der Waals surface area (Å²) < 4.78 is 5.67. The van der Waals surface area contributed by atoms with E-state index in [2.05, 4.69) is 15.6 Å². The quantitative estimate of drug-likeness (QED) is 0.825. The van der Waals surface area contributed by atoms with Gasteiger partial charge in [0.05, 0.1) is 24.0 Å². The molecule has 2 rings (SSSR count). The van der Waals surface area contributed by atoms with Gasteiger partial charge in [-0.05, 0) is 38.1 Å². The van der Waals surface area contributed by atoms with Crippen LogP contribution in [0, 0.1) is 0 Å². The number of pyridine rings is 1. The predicted octanol–water partition coefficient (Wildman–Crippen LogP) is 2.60. The second-order valence-corrected chi connectivity index (χ2v) is 5.14. The number of hydrogen-bond donors (Lipinski definition) is 2. The number of benzene rings is 1. The minimum absolute atomic E-state index is 0.0559.